The Hall–Kier alpha value is -2.20. The number of carbonyl (C=O) groups excluding carboxylic acids is 4. The molecule has 10 nitrogen and oxygen atoms in total. The van der Waals surface area contributed by atoms with Crippen molar-refractivity contribution in [2.45, 2.75) is 19.0 Å². The molecule has 0 heterocycles. The molecule has 0 bridgehead atoms. The molecule has 3 amide bonds. The fourth-order valence-electron chi connectivity index (χ4n) is 1.08. The van der Waals surface area contributed by atoms with Gasteiger partial charge in [0, 0.05) is 0 Å². The van der Waals surface area contributed by atoms with Crippen LogP contribution in [0.5, 0.6) is 0 Å². The summed E-state index contributed by atoms with van der Waals surface area (Å²) in [7, 11) is 0. The summed E-state index contributed by atoms with van der Waals surface area (Å²) in [5, 5.41) is 25.8. The second-order valence-electron chi connectivity index (χ2n) is 3.88. The van der Waals surface area contributed by atoms with Crippen molar-refractivity contribution in [2.75, 3.05) is 19.7 Å². The quantitative estimate of drug-likeness (QED) is 0.297. The highest BCUT2D eigenvalue weighted by Crippen LogP contribution is 1.87. The first-order valence-electron chi connectivity index (χ1n) is 5.79. The monoisotopic (exact) mass is 290 g/mol. The van der Waals surface area contributed by atoms with Gasteiger partial charge in [0.15, 0.2) is 6.54 Å². The van der Waals surface area contributed by atoms with E-state index in [2.05, 4.69) is 16.4 Å². The Bertz CT molecular complexity index is 386. The van der Waals surface area contributed by atoms with E-state index in [1.807, 2.05) is 5.32 Å². The van der Waals surface area contributed by atoms with Crippen molar-refractivity contribution in [1.82, 2.24) is 16.0 Å². The number of aliphatic carboxylic acids is 1. The fourth-order valence-corrected chi connectivity index (χ4v) is 1.08. The number of quaternary nitrogens is 1. The van der Waals surface area contributed by atoms with E-state index in [0.717, 1.165) is 0 Å². The van der Waals surface area contributed by atoms with Crippen LogP contribution in [0.2, 0.25) is 0 Å². The lowest BCUT2D eigenvalue weighted by molar-refractivity contribution is -0.355. The van der Waals surface area contributed by atoms with Crippen molar-refractivity contribution in [3.05, 3.63) is 0 Å². The number of aliphatic hydroxyl groups excluding tert-OH is 1. The van der Waals surface area contributed by atoms with Crippen molar-refractivity contribution in [2.24, 2.45) is 0 Å². The number of nitrogens with one attached hydrogen (secondary N) is 3. The maximum absolute atomic E-state index is 11.5. The van der Waals surface area contributed by atoms with Gasteiger partial charge in [-0.05, 0) is 6.92 Å². The first-order valence-corrected chi connectivity index (χ1v) is 5.79. The summed E-state index contributed by atoms with van der Waals surface area (Å²) in [6, 6.07) is -2.58. The summed E-state index contributed by atoms with van der Waals surface area (Å²) >= 11 is 0. The minimum Gasteiger partial charge on any atom is -0.548 e. The molecule has 10 heteroatoms. The molecule has 0 aliphatic carbocycles. The number of aliphatic hydroxyl groups is 1. The van der Waals surface area contributed by atoms with Gasteiger partial charge in [-0.25, -0.2) is 0 Å². The van der Waals surface area contributed by atoms with Crippen molar-refractivity contribution in [3.63, 3.8) is 0 Å². The van der Waals surface area contributed by atoms with Gasteiger partial charge in [-0.3, -0.25) is 14.4 Å². The van der Waals surface area contributed by atoms with Crippen LogP contribution in [0.15, 0.2) is 0 Å². The predicted octanol–water partition coefficient (Wildman–Crippen LogP) is -5.92. The van der Waals surface area contributed by atoms with E-state index in [-0.39, 0.29) is 13.1 Å². The minimum atomic E-state index is -1.50. The van der Waals surface area contributed by atoms with E-state index in [9.17, 15) is 24.3 Å². The molecular formula is C10H18N4O6. The molecule has 0 aromatic carbocycles. The number of carboxylic acids is 1. The summed E-state index contributed by atoms with van der Waals surface area (Å²) < 4.78 is 0. The number of hydrogen-bond acceptors (Lipinski definition) is 6. The van der Waals surface area contributed by atoms with Crippen LogP contribution in [0.25, 0.3) is 0 Å². The van der Waals surface area contributed by atoms with Gasteiger partial charge < -0.3 is 36.7 Å². The number of carbonyl (C=O) groups is 4. The highest BCUT2D eigenvalue weighted by molar-refractivity contribution is 5.91. The van der Waals surface area contributed by atoms with Gasteiger partial charge in [-0.2, -0.15) is 0 Å². The van der Waals surface area contributed by atoms with Crippen LogP contribution in [-0.2, 0) is 19.2 Å². The Labute approximate surface area is 114 Å². The van der Waals surface area contributed by atoms with Crippen LogP contribution in [0.3, 0.4) is 0 Å². The Morgan fingerprint density at radius 1 is 1.20 bits per heavy atom. The first-order chi connectivity index (χ1) is 9.31. The minimum absolute atomic E-state index is 0.0413. The predicted molar refractivity (Wildman–Crippen MR) is 62.4 cm³/mol. The fraction of sp³-hybridized carbons (Fsp3) is 0.600. The molecule has 0 rings (SSSR count). The van der Waals surface area contributed by atoms with Crippen LogP contribution in [0, 0.1) is 0 Å². The zero-order chi connectivity index (χ0) is 15.7. The van der Waals surface area contributed by atoms with E-state index in [4.69, 9.17) is 5.11 Å². The molecule has 0 aromatic rings. The third-order valence-corrected chi connectivity index (χ3v) is 2.22. The van der Waals surface area contributed by atoms with E-state index >= 15 is 0 Å². The summed E-state index contributed by atoms with van der Waals surface area (Å²) in [5.41, 5.74) is 3.31. The number of rotatable bonds is 8. The van der Waals surface area contributed by atoms with Gasteiger partial charge in [0.05, 0.1) is 25.2 Å². The van der Waals surface area contributed by atoms with E-state index in [0.29, 0.717) is 0 Å². The highest BCUT2D eigenvalue weighted by atomic mass is 16.4. The molecule has 20 heavy (non-hydrogen) atoms. The summed E-state index contributed by atoms with van der Waals surface area (Å²) in [6.07, 6.45) is 0. The highest BCUT2D eigenvalue weighted by Gasteiger charge is 2.21. The average Bonchev–Trinajstić information content (AvgIpc) is 2.41. The Balaban J connectivity index is 4.32. The SMILES string of the molecule is C[C@H](NC(=O)[C@H](CO)NC(=O)CNC(=O)C[NH3+])C(=O)[O-]. The first kappa shape index (κ1) is 17.8. The topological polar surface area (TPSA) is 175 Å². The molecule has 0 aliphatic heterocycles. The van der Waals surface area contributed by atoms with E-state index < -0.39 is 42.4 Å². The van der Waals surface area contributed by atoms with E-state index in [1.54, 1.807) is 0 Å². The molecule has 0 aliphatic rings. The molecule has 7 N–H and O–H groups in total. The maximum Gasteiger partial charge on any atom is 0.275 e. The summed E-state index contributed by atoms with van der Waals surface area (Å²) in [4.78, 5) is 44.3. The molecule has 114 valence electrons. The third kappa shape index (κ3) is 6.66. The third-order valence-electron chi connectivity index (χ3n) is 2.22. The van der Waals surface area contributed by atoms with Gasteiger partial charge in [0.1, 0.15) is 6.04 Å². The van der Waals surface area contributed by atoms with Gasteiger partial charge in [-0.1, -0.05) is 0 Å². The van der Waals surface area contributed by atoms with Gasteiger partial charge in [0.2, 0.25) is 11.8 Å². The standard InChI is InChI=1S/C10H18N4O6/c1-5(10(19)20)13-9(18)6(4-15)14-8(17)3-12-7(16)2-11/h5-6,15H,2-4,11H2,1H3,(H,12,16)(H,13,18)(H,14,17)(H,19,20)/t5-,6-/m0/s1. The second kappa shape index (κ2) is 8.82. The van der Waals surface area contributed by atoms with Crippen molar-refractivity contribution >= 4 is 23.7 Å². The van der Waals surface area contributed by atoms with Crippen LogP contribution < -0.4 is 26.8 Å². The molecule has 0 saturated carbocycles. The van der Waals surface area contributed by atoms with Crippen molar-refractivity contribution in [1.29, 1.82) is 0 Å². The normalized spacial score (nSPS) is 12.9. The molecule has 2 atom stereocenters. The zero-order valence-electron chi connectivity index (χ0n) is 11.0. The molecule has 0 saturated heterocycles. The molecule has 0 spiro atoms. The molecule has 0 unspecified atom stereocenters. The van der Waals surface area contributed by atoms with Gasteiger partial charge in [-0.15, -0.1) is 0 Å². The average molecular weight is 290 g/mol. The van der Waals surface area contributed by atoms with Crippen LogP contribution in [-0.4, -0.2) is 60.6 Å². The Kier molecular flexibility index (Phi) is 7.85. The summed E-state index contributed by atoms with van der Waals surface area (Å²) in [6.45, 7) is 0.0348. The second-order valence-corrected chi connectivity index (χ2v) is 3.88. The number of carboxylic acid groups (broad SMARTS) is 1. The number of hydrogen-bond donors (Lipinski definition) is 5. The smallest absolute Gasteiger partial charge is 0.275 e. The van der Waals surface area contributed by atoms with E-state index in [1.165, 1.54) is 6.92 Å². The number of amides is 3. The largest absolute Gasteiger partial charge is 0.548 e. The lowest BCUT2D eigenvalue weighted by Crippen LogP contribution is -2.59. The molecule has 0 radical (unpaired) electrons. The maximum atomic E-state index is 11.5. The lowest BCUT2D eigenvalue weighted by Gasteiger charge is -2.20. The zero-order valence-corrected chi connectivity index (χ0v) is 11.0. The molecular weight excluding hydrogens is 272 g/mol. The van der Waals surface area contributed by atoms with Crippen LogP contribution in [0.4, 0.5) is 0 Å². The van der Waals surface area contributed by atoms with Crippen molar-refractivity contribution < 1.29 is 35.1 Å². The van der Waals surface area contributed by atoms with Gasteiger partial charge >= 0.3 is 0 Å². The van der Waals surface area contributed by atoms with Crippen molar-refractivity contribution in [3.8, 4) is 0 Å². The molecule has 0 aromatic heterocycles. The molecule has 0 fully saturated rings. The van der Waals surface area contributed by atoms with Gasteiger partial charge in [0.25, 0.3) is 5.91 Å². The lowest BCUT2D eigenvalue weighted by atomic mass is 10.2. The Morgan fingerprint density at radius 3 is 2.25 bits per heavy atom. The Morgan fingerprint density at radius 2 is 1.80 bits per heavy atom. The van der Waals surface area contributed by atoms with Crippen LogP contribution >= 0.6 is 0 Å². The van der Waals surface area contributed by atoms with Crippen LogP contribution in [0.1, 0.15) is 6.92 Å². The summed E-state index contributed by atoms with van der Waals surface area (Å²) in [5.74, 6) is -3.53.